The molecule has 2 aliphatic rings. The number of nitrogens with zero attached hydrogens (tertiary/aromatic N) is 3. The molecule has 0 saturated carbocycles. The van der Waals surface area contributed by atoms with Crippen LogP contribution in [0, 0.1) is 0 Å². The largest absolute Gasteiger partial charge is 0.273 e. The molecule has 0 spiro atoms. The van der Waals surface area contributed by atoms with E-state index in [4.69, 9.17) is 23.2 Å². The lowest BCUT2D eigenvalue weighted by Crippen LogP contribution is -2.44. The Morgan fingerprint density at radius 1 is 0.806 bits per heavy atom. The van der Waals surface area contributed by atoms with Crippen LogP contribution in [0.2, 0.25) is 10.0 Å². The van der Waals surface area contributed by atoms with Gasteiger partial charge in [-0.2, -0.15) is 0 Å². The second-order valence-electron chi connectivity index (χ2n) is 7.81. The lowest BCUT2D eigenvalue weighted by molar-refractivity contribution is -0.136. The highest BCUT2D eigenvalue weighted by molar-refractivity contribution is 8.18. The molecule has 7 nitrogen and oxygen atoms in total. The molecule has 178 valence electrons. The number of hydrogen-bond donors (Lipinski definition) is 0. The zero-order valence-electron chi connectivity index (χ0n) is 18.4. The number of carbonyl (C=O) groups excluding carboxylic acids is 4. The number of thioether (sulfide) groups is 1. The summed E-state index contributed by atoms with van der Waals surface area (Å²) in [6.07, 6.45) is 1.62. The van der Waals surface area contributed by atoms with E-state index >= 15 is 0 Å². The van der Waals surface area contributed by atoms with Gasteiger partial charge < -0.3 is 0 Å². The van der Waals surface area contributed by atoms with Crippen molar-refractivity contribution in [1.29, 1.82) is 0 Å². The van der Waals surface area contributed by atoms with Crippen LogP contribution in [0.15, 0.2) is 82.7 Å². The van der Waals surface area contributed by atoms with E-state index in [0.29, 0.717) is 21.3 Å². The Bertz CT molecular complexity index is 1450. The standard InChI is InChI=1S/C26H15Cl2N3O4S/c27-16-7-5-15(6-8-16)13-21-25(35)31(26(36-21)29-18-11-9-17(28)10-12-18)22(32)14-30-23(33)19-3-1-2-4-20(19)24(30)34/h1-13H,14H2/b21-13-,29-26?. The maximum atomic E-state index is 13.4. The quantitative estimate of drug-likeness (QED) is 0.328. The van der Waals surface area contributed by atoms with Gasteiger partial charge in [0.2, 0.25) is 0 Å². The minimum absolute atomic E-state index is 0.101. The molecule has 3 aromatic carbocycles. The Morgan fingerprint density at radius 2 is 1.36 bits per heavy atom. The van der Waals surface area contributed by atoms with Gasteiger partial charge in [-0.1, -0.05) is 47.5 Å². The molecule has 0 atom stereocenters. The molecular weight excluding hydrogens is 521 g/mol. The second kappa shape index (κ2) is 9.73. The van der Waals surface area contributed by atoms with Gasteiger partial charge in [-0.05, 0) is 71.9 Å². The van der Waals surface area contributed by atoms with Gasteiger partial charge in [0, 0.05) is 10.0 Å². The number of benzene rings is 3. The lowest BCUT2D eigenvalue weighted by Gasteiger charge is -2.18. The topological polar surface area (TPSA) is 87.1 Å². The Balaban J connectivity index is 1.47. The number of fused-ring (bicyclic) bond motifs is 1. The van der Waals surface area contributed by atoms with Crippen LogP contribution in [0.3, 0.4) is 0 Å². The summed E-state index contributed by atoms with van der Waals surface area (Å²) in [5.74, 6) is -2.54. The van der Waals surface area contributed by atoms with Crippen molar-refractivity contribution >= 4 is 75.5 Å². The summed E-state index contributed by atoms with van der Waals surface area (Å²) in [4.78, 5) is 58.6. The number of rotatable bonds is 4. The first-order chi connectivity index (χ1) is 17.3. The van der Waals surface area contributed by atoms with Gasteiger partial charge in [-0.15, -0.1) is 0 Å². The van der Waals surface area contributed by atoms with Crippen molar-refractivity contribution < 1.29 is 19.2 Å². The molecule has 0 radical (unpaired) electrons. The first-order valence-electron chi connectivity index (χ1n) is 10.6. The molecule has 3 aromatic rings. The fourth-order valence-corrected chi connectivity index (χ4v) is 4.94. The van der Waals surface area contributed by atoms with E-state index in [9.17, 15) is 19.2 Å². The van der Waals surface area contributed by atoms with Gasteiger partial charge in [0.25, 0.3) is 23.6 Å². The molecule has 0 aliphatic carbocycles. The number of carbonyl (C=O) groups is 4. The Kier molecular flexibility index (Phi) is 6.49. The third-order valence-electron chi connectivity index (χ3n) is 5.45. The first-order valence-corrected chi connectivity index (χ1v) is 12.2. The molecule has 0 bridgehead atoms. The van der Waals surface area contributed by atoms with E-state index in [-0.39, 0.29) is 21.2 Å². The predicted octanol–water partition coefficient (Wildman–Crippen LogP) is 5.42. The summed E-state index contributed by atoms with van der Waals surface area (Å²) in [6, 6.07) is 19.7. The summed E-state index contributed by atoms with van der Waals surface area (Å²) in [6.45, 7) is -0.605. The van der Waals surface area contributed by atoms with Crippen LogP contribution in [0.4, 0.5) is 5.69 Å². The van der Waals surface area contributed by atoms with Crippen molar-refractivity contribution in [2.75, 3.05) is 6.54 Å². The zero-order valence-corrected chi connectivity index (χ0v) is 20.7. The SMILES string of the molecule is O=C1c2ccccc2C(=O)N1CC(=O)N1C(=O)/C(=C/c2ccc(Cl)cc2)SC1=Nc1ccc(Cl)cc1. The normalized spacial score (nSPS) is 17.4. The number of aliphatic imine (C=N–C) groups is 1. The van der Waals surface area contributed by atoms with E-state index in [1.165, 1.54) is 12.1 Å². The monoisotopic (exact) mass is 535 g/mol. The minimum atomic E-state index is -0.755. The Hall–Kier alpha value is -3.72. The Labute approximate surface area is 220 Å². The van der Waals surface area contributed by atoms with Crippen LogP contribution in [-0.4, -0.2) is 45.1 Å². The van der Waals surface area contributed by atoms with Gasteiger partial charge in [0.05, 0.1) is 21.7 Å². The molecule has 36 heavy (non-hydrogen) atoms. The molecular formula is C26H15Cl2N3O4S. The molecule has 1 fully saturated rings. The summed E-state index contributed by atoms with van der Waals surface area (Å²) in [7, 11) is 0. The first kappa shape index (κ1) is 24.0. The second-order valence-corrected chi connectivity index (χ2v) is 9.69. The molecule has 4 amide bonds. The van der Waals surface area contributed by atoms with Gasteiger partial charge in [-0.3, -0.25) is 24.1 Å². The highest BCUT2D eigenvalue weighted by atomic mass is 35.5. The van der Waals surface area contributed by atoms with Crippen LogP contribution in [0.5, 0.6) is 0 Å². The maximum Gasteiger partial charge on any atom is 0.273 e. The van der Waals surface area contributed by atoms with Crippen LogP contribution in [0.25, 0.3) is 6.08 Å². The van der Waals surface area contributed by atoms with E-state index in [1.807, 2.05) is 0 Å². The van der Waals surface area contributed by atoms with Crippen molar-refractivity contribution in [3.63, 3.8) is 0 Å². The number of amidine groups is 1. The summed E-state index contributed by atoms with van der Waals surface area (Å²) < 4.78 is 0. The molecule has 0 unspecified atom stereocenters. The number of halogens is 2. The number of amides is 4. The molecule has 1 saturated heterocycles. The lowest BCUT2D eigenvalue weighted by atomic mass is 10.1. The van der Waals surface area contributed by atoms with Crippen molar-refractivity contribution in [2.45, 2.75) is 0 Å². The van der Waals surface area contributed by atoms with Gasteiger partial charge >= 0.3 is 0 Å². The van der Waals surface area contributed by atoms with Crippen molar-refractivity contribution in [1.82, 2.24) is 9.80 Å². The van der Waals surface area contributed by atoms with Crippen molar-refractivity contribution in [3.8, 4) is 0 Å². The smallest absolute Gasteiger partial charge is 0.272 e. The van der Waals surface area contributed by atoms with Crippen LogP contribution in [0.1, 0.15) is 26.3 Å². The highest BCUT2D eigenvalue weighted by Gasteiger charge is 2.42. The average Bonchev–Trinajstić information content (AvgIpc) is 3.30. The summed E-state index contributed by atoms with van der Waals surface area (Å²) in [5, 5.41) is 1.16. The van der Waals surface area contributed by atoms with Gasteiger partial charge in [0.1, 0.15) is 6.54 Å². The van der Waals surface area contributed by atoms with Gasteiger partial charge in [0.15, 0.2) is 5.17 Å². The zero-order chi connectivity index (χ0) is 25.4. The van der Waals surface area contributed by atoms with Crippen LogP contribution in [-0.2, 0) is 9.59 Å². The molecule has 0 aromatic heterocycles. The summed E-state index contributed by atoms with van der Waals surface area (Å²) >= 11 is 12.9. The number of imide groups is 2. The molecule has 2 heterocycles. The van der Waals surface area contributed by atoms with E-state index < -0.39 is 30.2 Å². The molecule has 10 heteroatoms. The predicted molar refractivity (Wildman–Crippen MR) is 139 cm³/mol. The fourth-order valence-electron chi connectivity index (χ4n) is 3.69. The van der Waals surface area contributed by atoms with E-state index in [2.05, 4.69) is 4.99 Å². The van der Waals surface area contributed by atoms with Crippen molar-refractivity contribution in [2.24, 2.45) is 4.99 Å². The molecule has 0 N–H and O–H groups in total. The fraction of sp³-hybridized carbons (Fsp3) is 0.0385. The van der Waals surface area contributed by atoms with Crippen molar-refractivity contribution in [3.05, 3.63) is 104 Å². The Morgan fingerprint density at radius 3 is 1.94 bits per heavy atom. The van der Waals surface area contributed by atoms with Gasteiger partial charge in [-0.25, -0.2) is 9.89 Å². The maximum absolute atomic E-state index is 13.4. The molecule has 2 aliphatic heterocycles. The van der Waals surface area contributed by atoms with Crippen LogP contribution >= 0.6 is 35.0 Å². The third kappa shape index (κ3) is 4.58. The summed E-state index contributed by atoms with van der Waals surface area (Å²) in [5.41, 5.74) is 1.61. The highest BCUT2D eigenvalue weighted by Crippen LogP contribution is 2.35. The van der Waals surface area contributed by atoms with Crippen LogP contribution < -0.4 is 0 Å². The third-order valence-corrected chi connectivity index (χ3v) is 6.92. The van der Waals surface area contributed by atoms with E-state index in [1.54, 1.807) is 66.7 Å². The molecule has 5 rings (SSSR count). The number of hydrogen-bond acceptors (Lipinski definition) is 6. The van der Waals surface area contributed by atoms with E-state index in [0.717, 1.165) is 21.6 Å². The minimum Gasteiger partial charge on any atom is -0.272 e. The average molecular weight is 536 g/mol.